The highest BCUT2D eigenvalue weighted by molar-refractivity contribution is 5.95. The summed E-state index contributed by atoms with van der Waals surface area (Å²) < 4.78 is 6.24. The standard InChI is InChI=1S/C34H48N2O/c1-4-5-6-7-8-9-10-11-12-13-14-15-16-19-27-37-33-26-25-30-22-17-18-23-31(30)34(33)36-35-32-24-20-21-28(2)29(32)3/h17-18,20-26H,4-16,19,27H2,1-3H3. The third-order valence-corrected chi connectivity index (χ3v) is 7.45. The monoisotopic (exact) mass is 500 g/mol. The average molecular weight is 501 g/mol. The average Bonchev–Trinajstić information content (AvgIpc) is 2.92. The predicted octanol–water partition coefficient (Wildman–Crippen LogP) is 11.7. The summed E-state index contributed by atoms with van der Waals surface area (Å²) >= 11 is 0. The summed E-state index contributed by atoms with van der Waals surface area (Å²) in [4.78, 5) is 0. The van der Waals surface area contributed by atoms with Gasteiger partial charge in [0.15, 0.2) is 0 Å². The van der Waals surface area contributed by atoms with Gasteiger partial charge >= 0.3 is 0 Å². The molecular weight excluding hydrogens is 452 g/mol. The predicted molar refractivity (Wildman–Crippen MR) is 160 cm³/mol. The highest BCUT2D eigenvalue weighted by atomic mass is 16.5. The minimum Gasteiger partial charge on any atom is -0.491 e. The van der Waals surface area contributed by atoms with Gasteiger partial charge < -0.3 is 4.74 Å². The number of benzene rings is 3. The number of hydrogen-bond donors (Lipinski definition) is 0. The Labute approximate surface area is 225 Å². The van der Waals surface area contributed by atoms with E-state index in [0.29, 0.717) is 0 Å². The number of ether oxygens (including phenoxy) is 1. The van der Waals surface area contributed by atoms with Gasteiger partial charge in [0, 0.05) is 5.39 Å². The van der Waals surface area contributed by atoms with Gasteiger partial charge in [0.1, 0.15) is 11.4 Å². The topological polar surface area (TPSA) is 34.0 Å². The molecule has 3 aromatic carbocycles. The lowest BCUT2D eigenvalue weighted by Gasteiger charge is -2.11. The van der Waals surface area contributed by atoms with Crippen LogP contribution < -0.4 is 4.74 Å². The van der Waals surface area contributed by atoms with Crippen molar-refractivity contribution in [2.24, 2.45) is 10.2 Å². The van der Waals surface area contributed by atoms with Gasteiger partial charge in [0.25, 0.3) is 0 Å². The van der Waals surface area contributed by atoms with Gasteiger partial charge in [0.2, 0.25) is 0 Å². The van der Waals surface area contributed by atoms with E-state index in [9.17, 15) is 0 Å². The Hall–Kier alpha value is -2.68. The number of nitrogens with zero attached hydrogens (tertiary/aromatic N) is 2. The Morgan fingerprint density at radius 3 is 1.89 bits per heavy atom. The number of rotatable bonds is 18. The van der Waals surface area contributed by atoms with Crippen molar-refractivity contribution in [3.05, 3.63) is 65.7 Å². The Morgan fingerprint density at radius 1 is 0.595 bits per heavy atom. The third kappa shape index (κ3) is 9.95. The highest BCUT2D eigenvalue weighted by Crippen LogP contribution is 2.37. The molecule has 0 aliphatic heterocycles. The van der Waals surface area contributed by atoms with E-state index < -0.39 is 0 Å². The summed E-state index contributed by atoms with van der Waals surface area (Å²) in [5.41, 5.74) is 4.12. The summed E-state index contributed by atoms with van der Waals surface area (Å²) in [5.74, 6) is 0.822. The van der Waals surface area contributed by atoms with Crippen LogP contribution in [-0.4, -0.2) is 6.61 Å². The van der Waals surface area contributed by atoms with Crippen LogP contribution in [0.15, 0.2) is 64.8 Å². The summed E-state index contributed by atoms with van der Waals surface area (Å²) in [6.45, 7) is 7.22. The minimum absolute atomic E-state index is 0.725. The van der Waals surface area contributed by atoms with Crippen LogP contribution in [0.3, 0.4) is 0 Å². The van der Waals surface area contributed by atoms with Crippen LogP contribution in [0.5, 0.6) is 5.75 Å². The summed E-state index contributed by atoms with van der Waals surface area (Å²) in [6, 6.07) is 18.7. The van der Waals surface area contributed by atoms with Crippen LogP contribution in [0.1, 0.15) is 108 Å². The highest BCUT2D eigenvalue weighted by Gasteiger charge is 2.09. The van der Waals surface area contributed by atoms with E-state index in [1.807, 2.05) is 18.2 Å². The van der Waals surface area contributed by atoms with E-state index in [-0.39, 0.29) is 0 Å². The third-order valence-electron chi connectivity index (χ3n) is 7.45. The van der Waals surface area contributed by atoms with Crippen LogP contribution in [0.2, 0.25) is 0 Å². The van der Waals surface area contributed by atoms with E-state index in [4.69, 9.17) is 9.85 Å². The zero-order valence-corrected chi connectivity index (χ0v) is 23.6. The molecule has 0 saturated heterocycles. The van der Waals surface area contributed by atoms with Gasteiger partial charge in [-0.25, -0.2) is 0 Å². The Bertz CT molecular complexity index is 1090. The maximum atomic E-state index is 6.24. The van der Waals surface area contributed by atoms with Crippen molar-refractivity contribution in [3.8, 4) is 5.75 Å². The van der Waals surface area contributed by atoms with Crippen molar-refractivity contribution in [2.45, 2.75) is 111 Å². The van der Waals surface area contributed by atoms with E-state index >= 15 is 0 Å². The maximum absolute atomic E-state index is 6.24. The first-order valence-corrected chi connectivity index (χ1v) is 14.8. The fraction of sp³-hybridized carbons (Fsp3) is 0.529. The molecule has 0 bridgehead atoms. The van der Waals surface area contributed by atoms with Crippen LogP contribution in [-0.2, 0) is 0 Å². The van der Waals surface area contributed by atoms with Crippen molar-refractivity contribution >= 4 is 22.1 Å². The first-order chi connectivity index (χ1) is 18.2. The summed E-state index contributed by atoms with van der Waals surface area (Å²) in [5, 5.41) is 11.5. The molecule has 0 saturated carbocycles. The first-order valence-electron chi connectivity index (χ1n) is 14.8. The molecule has 3 nitrogen and oxygen atoms in total. The van der Waals surface area contributed by atoms with Gasteiger partial charge in [-0.05, 0) is 48.9 Å². The molecule has 0 atom stereocenters. The molecule has 0 fully saturated rings. The van der Waals surface area contributed by atoms with Gasteiger partial charge in [-0.2, -0.15) is 5.11 Å². The molecule has 3 aromatic rings. The van der Waals surface area contributed by atoms with Crippen molar-refractivity contribution in [1.29, 1.82) is 0 Å². The lowest BCUT2D eigenvalue weighted by Crippen LogP contribution is -1.98. The van der Waals surface area contributed by atoms with Crippen LogP contribution >= 0.6 is 0 Å². The first kappa shape index (κ1) is 28.9. The fourth-order valence-electron chi connectivity index (χ4n) is 4.88. The van der Waals surface area contributed by atoms with Crippen LogP contribution in [0.4, 0.5) is 11.4 Å². The molecule has 0 unspecified atom stereocenters. The van der Waals surface area contributed by atoms with Crippen molar-refractivity contribution in [2.75, 3.05) is 6.61 Å². The summed E-state index contributed by atoms with van der Waals surface area (Å²) in [6.07, 6.45) is 19.1. The molecule has 0 aliphatic carbocycles. The van der Waals surface area contributed by atoms with Gasteiger partial charge in [-0.15, -0.1) is 5.11 Å². The molecule has 200 valence electrons. The number of hydrogen-bond acceptors (Lipinski definition) is 3. The number of aryl methyl sites for hydroxylation is 1. The SMILES string of the molecule is CCCCCCCCCCCCCCCCOc1ccc2ccccc2c1N=Nc1cccc(C)c1C. The lowest BCUT2D eigenvalue weighted by atomic mass is 10.0. The Kier molecular flexibility index (Phi) is 13.2. The molecule has 3 heteroatoms. The second-order valence-electron chi connectivity index (χ2n) is 10.5. The molecule has 0 amide bonds. The molecule has 0 aliphatic rings. The van der Waals surface area contributed by atoms with Gasteiger partial charge in [-0.3, -0.25) is 0 Å². The van der Waals surface area contributed by atoms with Gasteiger partial charge in [0.05, 0.1) is 12.3 Å². The van der Waals surface area contributed by atoms with Gasteiger partial charge in [-0.1, -0.05) is 133 Å². The Morgan fingerprint density at radius 2 is 1.22 bits per heavy atom. The second kappa shape index (κ2) is 16.9. The molecular formula is C34H48N2O. The quantitative estimate of drug-likeness (QED) is 0.126. The van der Waals surface area contributed by atoms with E-state index in [0.717, 1.165) is 46.5 Å². The van der Waals surface area contributed by atoms with Crippen molar-refractivity contribution in [1.82, 2.24) is 0 Å². The zero-order valence-electron chi connectivity index (χ0n) is 23.6. The summed E-state index contributed by atoms with van der Waals surface area (Å²) in [7, 11) is 0. The molecule has 0 heterocycles. The zero-order chi connectivity index (χ0) is 26.1. The molecule has 37 heavy (non-hydrogen) atoms. The minimum atomic E-state index is 0.725. The molecule has 0 radical (unpaired) electrons. The normalized spacial score (nSPS) is 11.5. The molecule has 3 rings (SSSR count). The molecule has 0 N–H and O–H groups in total. The van der Waals surface area contributed by atoms with E-state index in [2.05, 4.69) is 62.3 Å². The molecule has 0 aromatic heterocycles. The van der Waals surface area contributed by atoms with E-state index in [1.165, 1.54) is 89.0 Å². The Balaban J connectivity index is 1.40. The van der Waals surface area contributed by atoms with Crippen LogP contribution in [0.25, 0.3) is 10.8 Å². The lowest BCUT2D eigenvalue weighted by molar-refractivity contribution is 0.305. The fourth-order valence-corrected chi connectivity index (χ4v) is 4.88. The second-order valence-corrected chi connectivity index (χ2v) is 10.5. The maximum Gasteiger partial charge on any atom is 0.147 e. The van der Waals surface area contributed by atoms with Crippen LogP contribution in [0, 0.1) is 13.8 Å². The van der Waals surface area contributed by atoms with E-state index in [1.54, 1.807) is 0 Å². The number of fused-ring (bicyclic) bond motifs is 1. The number of azo groups is 1. The van der Waals surface area contributed by atoms with Crippen molar-refractivity contribution < 1.29 is 4.74 Å². The van der Waals surface area contributed by atoms with Crippen molar-refractivity contribution in [3.63, 3.8) is 0 Å². The largest absolute Gasteiger partial charge is 0.491 e. The number of unbranched alkanes of at least 4 members (excludes halogenated alkanes) is 13. The molecule has 0 spiro atoms. The smallest absolute Gasteiger partial charge is 0.147 e.